The van der Waals surface area contributed by atoms with Crippen LogP contribution in [0, 0.1) is 0 Å². The lowest BCUT2D eigenvalue weighted by molar-refractivity contribution is -0.137. The van der Waals surface area contributed by atoms with Crippen molar-refractivity contribution in [1.82, 2.24) is 10.0 Å². The number of aliphatic imine (C=N–C) groups is 1. The predicted octanol–water partition coefficient (Wildman–Crippen LogP) is 3.32. The number of nitrogens with one attached hydrogen (secondary N) is 1. The quantitative estimate of drug-likeness (QED) is 0.931. The summed E-state index contributed by atoms with van der Waals surface area (Å²) in [5, 5.41) is 4.39. The fourth-order valence-corrected chi connectivity index (χ4v) is 2.19. The third-order valence-electron chi connectivity index (χ3n) is 3.34. The van der Waals surface area contributed by atoms with E-state index in [1.165, 1.54) is 11.1 Å². The van der Waals surface area contributed by atoms with E-state index in [4.69, 9.17) is 4.84 Å². The van der Waals surface area contributed by atoms with E-state index in [-0.39, 0.29) is 6.61 Å². The molecular formula is C16H15F3N4O. The molecule has 1 aliphatic heterocycles. The summed E-state index contributed by atoms with van der Waals surface area (Å²) in [4.78, 5) is 14.0. The normalized spacial score (nSPS) is 14.6. The van der Waals surface area contributed by atoms with Crippen LogP contribution in [0.25, 0.3) is 0 Å². The zero-order valence-corrected chi connectivity index (χ0v) is 12.6. The number of guanidine groups is 1. The highest BCUT2D eigenvalue weighted by atomic mass is 19.4. The average molecular weight is 336 g/mol. The first kappa shape index (κ1) is 16.3. The maximum absolute atomic E-state index is 12.8. The third-order valence-corrected chi connectivity index (χ3v) is 3.34. The molecule has 0 saturated heterocycles. The van der Waals surface area contributed by atoms with Gasteiger partial charge in [-0.3, -0.25) is 9.82 Å². The van der Waals surface area contributed by atoms with Gasteiger partial charge in [-0.2, -0.15) is 13.2 Å². The van der Waals surface area contributed by atoms with Crippen LogP contribution in [-0.4, -0.2) is 29.1 Å². The van der Waals surface area contributed by atoms with Gasteiger partial charge in [0.25, 0.3) is 0 Å². The molecule has 0 fully saturated rings. The summed E-state index contributed by atoms with van der Waals surface area (Å²) in [5.74, 6) is 0.380. The minimum Gasteiger partial charge on any atom is -0.324 e. The molecule has 1 aliphatic rings. The van der Waals surface area contributed by atoms with E-state index in [1.807, 2.05) is 12.1 Å². The number of halogens is 3. The monoisotopic (exact) mass is 336 g/mol. The molecule has 0 aliphatic carbocycles. The standard InChI is InChI=1S/C16H15F3N4O/c17-16(18,19)12-4-3-6-13(10-12)22-15-21-8-9-23(15)24-11-14-5-1-2-7-20-14/h1-7,10H,8-9,11H2,(H,21,22). The summed E-state index contributed by atoms with van der Waals surface area (Å²) in [5.41, 5.74) is 0.340. The lowest BCUT2D eigenvalue weighted by Gasteiger charge is -2.20. The Balaban J connectivity index is 1.64. The highest BCUT2D eigenvalue weighted by molar-refractivity contribution is 5.94. The Labute approximate surface area is 136 Å². The van der Waals surface area contributed by atoms with E-state index in [0.29, 0.717) is 24.7 Å². The molecule has 0 radical (unpaired) electrons. The van der Waals surface area contributed by atoms with Crippen molar-refractivity contribution in [2.45, 2.75) is 12.8 Å². The molecule has 0 spiro atoms. The van der Waals surface area contributed by atoms with Crippen molar-refractivity contribution in [3.05, 3.63) is 59.9 Å². The molecule has 0 saturated carbocycles. The summed E-state index contributed by atoms with van der Waals surface area (Å²) in [7, 11) is 0. The summed E-state index contributed by atoms with van der Waals surface area (Å²) >= 11 is 0. The Morgan fingerprint density at radius 2 is 2.04 bits per heavy atom. The lowest BCUT2D eigenvalue weighted by atomic mass is 10.2. The Bertz CT molecular complexity index is 719. The van der Waals surface area contributed by atoms with Crippen LogP contribution >= 0.6 is 0 Å². The van der Waals surface area contributed by atoms with E-state index < -0.39 is 11.7 Å². The number of nitrogens with zero attached hydrogens (tertiary/aromatic N) is 3. The fraction of sp³-hybridized carbons (Fsp3) is 0.250. The van der Waals surface area contributed by atoms with Gasteiger partial charge in [0.2, 0.25) is 5.96 Å². The molecule has 3 rings (SSSR count). The molecule has 0 amide bonds. The van der Waals surface area contributed by atoms with Gasteiger partial charge < -0.3 is 5.32 Å². The Kier molecular flexibility index (Phi) is 4.66. The van der Waals surface area contributed by atoms with Crippen molar-refractivity contribution in [3.8, 4) is 0 Å². The van der Waals surface area contributed by atoms with Crippen LogP contribution in [0.5, 0.6) is 0 Å². The van der Waals surface area contributed by atoms with Crippen molar-refractivity contribution >= 4 is 11.6 Å². The largest absolute Gasteiger partial charge is 0.416 e. The lowest BCUT2D eigenvalue weighted by Crippen LogP contribution is -2.33. The van der Waals surface area contributed by atoms with E-state index >= 15 is 0 Å². The van der Waals surface area contributed by atoms with Gasteiger partial charge in [0.1, 0.15) is 6.61 Å². The number of hydrogen-bond acceptors (Lipinski definition) is 5. The molecule has 1 aromatic heterocycles. The summed E-state index contributed by atoms with van der Waals surface area (Å²) in [6, 6.07) is 10.4. The first-order valence-electron chi connectivity index (χ1n) is 7.31. The van der Waals surface area contributed by atoms with Gasteiger partial charge in [-0.25, -0.2) is 10.1 Å². The fourth-order valence-electron chi connectivity index (χ4n) is 2.19. The van der Waals surface area contributed by atoms with Crippen molar-refractivity contribution in [2.75, 3.05) is 18.4 Å². The van der Waals surface area contributed by atoms with Crippen LogP contribution in [0.4, 0.5) is 18.9 Å². The molecular weight excluding hydrogens is 321 g/mol. The van der Waals surface area contributed by atoms with Gasteiger partial charge in [-0.1, -0.05) is 12.1 Å². The highest BCUT2D eigenvalue weighted by Gasteiger charge is 2.30. The summed E-state index contributed by atoms with van der Waals surface area (Å²) < 4.78 is 38.3. The maximum atomic E-state index is 12.8. The predicted molar refractivity (Wildman–Crippen MR) is 83.1 cm³/mol. The van der Waals surface area contributed by atoms with Crippen LogP contribution in [-0.2, 0) is 17.6 Å². The minimum atomic E-state index is -4.38. The summed E-state index contributed by atoms with van der Waals surface area (Å²) in [6.07, 6.45) is -2.72. The van der Waals surface area contributed by atoms with Crippen molar-refractivity contribution in [3.63, 3.8) is 0 Å². The number of rotatable bonds is 4. The van der Waals surface area contributed by atoms with Crippen LogP contribution < -0.4 is 5.32 Å². The number of hydrogen-bond donors (Lipinski definition) is 1. The molecule has 8 heteroatoms. The maximum Gasteiger partial charge on any atom is 0.416 e. The smallest absolute Gasteiger partial charge is 0.324 e. The molecule has 0 bridgehead atoms. The van der Waals surface area contributed by atoms with E-state index in [0.717, 1.165) is 17.8 Å². The molecule has 126 valence electrons. The van der Waals surface area contributed by atoms with Gasteiger partial charge >= 0.3 is 6.18 Å². The minimum absolute atomic E-state index is 0.254. The first-order valence-corrected chi connectivity index (χ1v) is 7.31. The van der Waals surface area contributed by atoms with Crippen molar-refractivity contribution in [2.24, 2.45) is 4.99 Å². The molecule has 1 N–H and O–H groups in total. The van der Waals surface area contributed by atoms with Crippen LogP contribution in [0.15, 0.2) is 53.7 Å². The number of alkyl halides is 3. The Morgan fingerprint density at radius 3 is 2.79 bits per heavy atom. The molecule has 2 heterocycles. The number of aromatic nitrogens is 1. The van der Waals surface area contributed by atoms with Gasteiger partial charge in [0.05, 0.1) is 24.3 Å². The third kappa shape index (κ3) is 4.02. The topological polar surface area (TPSA) is 49.8 Å². The molecule has 2 aromatic rings. The van der Waals surface area contributed by atoms with Crippen LogP contribution in [0.2, 0.25) is 0 Å². The van der Waals surface area contributed by atoms with Gasteiger partial charge in [-0.15, -0.1) is 0 Å². The zero-order valence-electron chi connectivity index (χ0n) is 12.6. The number of hydroxylamine groups is 2. The molecule has 24 heavy (non-hydrogen) atoms. The Morgan fingerprint density at radius 1 is 1.17 bits per heavy atom. The van der Waals surface area contributed by atoms with Crippen molar-refractivity contribution in [1.29, 1.82) is 0 Å². The second kappa shape index (κ2) is 6.88. The SMILES string of the molecule is FC(F)(F)c1cccc(NC2=NCCN2OCc2ccccn2)c1. The van der Waals surface area contributed by atoms with Gasteiger partial charge in [0.15, 0.2) is 0 Å². The summed E-state index contributed by atoms with van der Waals surface area (Å²) in [6.45, 7) is 1.28. The van der Waals surface area contributed by atoms with Crippen molar-refractivity contribution < 1.29 is 18.0 Å². The Hall–Kier alpha value is -2.61. The second-order valence-electron chi connectivity index (χ2n) is 5.11. The zero-order chi connectivity index (χ0) is 17.0. The van der Waals surface area contributed by atoms with Crippen LogP contribution in [0.3, 0.4) is 0 Å². The second-order valence-corrected chi connectivity index (χ2v) is 5.11. The van der Waals surface area contributed by atoms with E-state index in [9.17, 15) is 13.2 Å². The van der Waals surface area contributed by atoms with Gasteiger partial charge in [0, 0.05) is 11.9 Å². The highest BCUT2D eigenvalue weighted by Crippen LogP contribution is 2.30. The number of anilines is 1. The van der Waals surface area contributed by atoms with Gasteiger partial charge in [-0.05, 0) is 30.3 Å². The number of benzene rings is 1. The van der Waals surface area contributed by atoms with E-state index in [1.54, 1.807) is 18.3 Å². The first-order chi connectivity index (χ1) is 11.5. The van der Waals surface area contributed by atoms with Crippen LogP contribution in [0.1, 0.15) is 11.3 Å². The average Bonchev–Trinajstić information content (AvgIpc) is 3.00. The molecule has 5 nitrogen and oxygen atoms in total. The molecule has 0 atom stereocenters. The van der Waals surface area contributed by atoms with E-state index in [2.05, 4.69) is 15.3 Å². The number of pyridine rings is 1. The molecule has 0 unspecified atom stereocenters. The molecule has 1 aromatic carbocycles.